The van der Waals surface area contributed by atoms with Crippen LogP contribution in [0.3, 0.4) is 0 Å². The molecule has 0 N–H and O–H groups in total. The SMILES string of the molecule is Cc1nc(C2(C)CCC2)cs1. The van der Waals surface area contributed by atoms with Crippen LogP contribution in [0, 0.1) is 6.92 Å². The third kappa shape index (κ3) is 1.09. The van der Waals surface area contributed by atoms with E-state index in [2.05, 4.69) is 24.2 Å². The van der Waals surface area contributed by atoms with Crippen LogP contribution in [-0.4, -0.2) is 4.98 Å². The molecule has 0 spiro atoms. The van der Waals surface area contributed by atoms with Crippen molar-refractivity contribution in [2.24, 2.45) is 0 Å². The third-order valence-corrected chi connectivity index (χ3v) is 3.47. The molecule has 0 atom stereocenters. The zero-order chi connectivity index (χ0) is 7.90. The molecule has 0 bridgehead atoms. The molecule has 0 aromatic carbocycles. The Balaban J connectivity index is 2.28. The number of thiazole rings is 1. The van der Waals surface area contributed by atoms with E-state index < -0.39 is 0 Å². The molecule has 60 valence electrons. The highest BCUT2D eigenvalue weighted by Gasteiger charge is 2.35. The molecule has 1 aliphatic carbocycles. The maximum atomic E-state index is 4.52. The summed E-state index contributed by atoms with van der Waals surface area (Å²) in [6.45, 7) is 4.40. The first-order valence-corrected chi connectivity index (χ1v) is 5.01. The van der Waals surface area contributed by atoms with Crippen LogP contribution < -0.4 is 0 Å². The molecule has 0 amide bonds. The molecule has 1 fully saturated rings. The second kappa shape index (κ2) is 2.31. The van der Waals surface area contributed by atoms with Gasteiger partial charge in [0.1, 0.15) is 0 Å². The van der Waals surface area contributed by atoms with Gasteiger partial charge in [-0.1, -0.05) is 13.3 Å². The molecule has 0 aliphatic heterocycles. The molecule has 1 saturated carbocycles. The normalized spacial score (nSPS) is 21.3. The van der Waals surface area contributed by atoms with Crippen molar-refractivity contribution >= 4 is 11.3 Å². The van der Waals surface area contributed by atoms with Crippen LogP contribution in [0.5, 0.6) is 0 Å². The summed E-state index contributed by atoms with van der Waals surface area (Å²) >= 11 is 1.77. The predicted molar refractivity (Wildman–Crippen MR) is 48.1 cm³/mol. The Morgan fingerprint density at radius 2 is 2.27 bits per heavy atom. The number of hydrogen-bond donors (Lipinski definition) is 0. The Labute approximate surface area is 71.5 Å². The summed E-state index contributed by atoms with van der Waals surface area (Å²) in [6.07, 6.45) is 4.04. The van der Waals surface area contributed by atoms with Crippen molar-refractivity contribution in [1.29, 1.82) is 0 Å². The number of aromatic nitrogens is 1. The summed E-state index contributed by atoms with van der Waals surface area (Å²) in [4.78, 5) is 4.52. The van der Waals surface area contributed by atoms with E-state index in [1.807, 2.05) is 0 Å². The molecular formula is C9H13NS. The van der Waals surface area contributed by atoms with Gasteiger partial charge in [0, 0.05) is 10.8 Å². The molecule has 0 unspecified atom stereocenters. The van der Waals surface area contributed by atoms with Crippen molar-refractivity contribution in [3.05, 3.63) is 16.1 Å². The maximum Gasteiger partial charge on any atom is 0.0897 e. The molecule has 11 heavy (non-hydrogen) atoms. The molecule has 1 aliphatic rings. The average molecular weight is 167 g/mol. The van der Waals surface area contributed by atoms with E-state index in [1.54, 1.807) is 11.3 Å². The lowest BCUT2D eigenvalue weighted by Crippen LogP contribution is -2.30. The highest BCUT2D eigenvalue weighted by Crippen LogP contribution is 2.42. The summed E-state index contributed by atoms with van der Waals surface area (Å²) < 4.78 is 0. The average Bonchev–Trinajstić information content (AvgIpc) is 2.31. The van der Waals surface area contributed by atoms with Crippen molar-refractivity contribution < 1.29 is 0 Å². The van der Waals surface area contributed by atoms with Gasteiger partial charge in [-0.15, -0.1) is 11.3 Å². The zero-order valence-corrected chi connectivity index (χ0v) is 7.87. The Bertz CT molecular complexity index is 260. The standard InChI is InChI=1S/C9H13NS/c1-7-10-8(6-11-7)9(2)4-3-5-9/h6H,3-5H2,1-2H3. The van der Waals surface area contributed by atoms with Gasteiger partial charge in [0.25, 0.3) is 0 Å². The molecule has 1 heterocycles. The lowest BCUT2D eigenvalue weighted by atomic mass is 9.69. The Hall–Kier alpha value is -0.370. The van der Waals surface area contributed by atoms with Gasteiger partial charge in [-0.25, -0.2) is 4.98 Å². The number of nitrogens with zero attached hydrogens (tertiary/aromatic N) is 1. The van der Waals surface area contributed by atoms with Gasteiger partial charge < -0.3 is 0 Å². The van der Waals surface area contributed by atoms with Crippen LogP contribution in [0.15, 0.2) is 5.38 Å². The lowest BCUT2D eigenvalue weighted by Gasteiger charge is -2.36. The van der Waals surface area contributed by atoms with Crippen LogP contribution >= 0.6 is 11.3 Å². The van der Waals surface area contributed by atoms with Crippen LogP contribution in [0.25, 0.3) is 0 Å². The van der Waals surface area contributed by atoms with Gasteiger partial charge in [-0.2, -0.15) is 0 Å². The first kappa shape index (κ1) is 7.29. The quantitative estimate of drug-likeness (QED) is 0.626. The second-order valence-corrected chi connectivity index (χ2v) is 4.73. The summed E-state index contributed by atoms with van der Waals surface area (Å²) in [5.74, 6) is 0. The molecule has 2 rings (SSSR count). The minimum atomic E-state index is 0.435. The van der Waals surface area contributed by atoms with Crippen molar-refractivity contribution in [3.8, 4) is 0 Å². The zero-order valence-electron chi connectivity index (χ0n) is 7.05. The summed E-state index contributed by atoms with van der Waals surface area (Å²) in [6, 6.07) is 0. The van der Waals surface area contributed by atoms with Crippen LogP contribution in [-0.2, 0) is 5.41 Å². The fraction of sp³-hybridized carbons (Fsp3) is 0.667. The molecular weight excluding hydrogens is 154 g/mol. The Morgan fingerprint density at radius 1 is 1.55 bits per heavy atom. The van der Waals surface area contributed by atoms with Crippen molar-refractivity contribution in [3.63, 3.8) is 0 Å². The summed E-state index contributed by atoms with van der Waals surface area (Å²) in [5.41, 5.74) is 1.76. The second-order valence-electron chi connectivity index (χ2n) is 3.67. The van der Waals surface area contributed by atoms with Gasteiger partial charge in [0.15, 0.2) is 0 Å². The van der Waals surface area contributed by atoms with E-state index in [0.717, 1.165) is 0 Å². The lowest BCUT2D eigenvalue weighted by molar-refractivity contribution is 0.265. The van der Waals surface area contributed by atoms with Crippen molar-refractivity contribution in [2.75, 3.05) is 0 Å². The van der Waals surface area contributed by atoms with Crippen LogP contribution in [0.4, 0.5) is 0 Å². The highest BCUT2D eigenvalue weighted by molar-refractivity contribution is 7.09. The smallest absolute Gasteiger partial charge is 0.0897 e. The van der Waals surface area contributed by atoms with Crippen molar-refractivity contribution in [2.45, 2.75) is 38.5 Å². The van der Waals surface area contributed by atoms with Gasteiger partial charge in [-0.3, -0.25) is 0 Å². The Kier molecular flexibility index (Phi) is 1.53. The first-order chi connectivity index (χ1) is 5.21. The fourth-order valence-electron chi connectivity index (χ4n) is 1.60. The Morgan fingerprint density at radius 3 is 2.64 bits per heavy atom. The number of hydrogen-bond acceptors (Lipinski definition) is 2. The predicted octanol–water partition coefficient (Wildman–Crippen LogP) is 2.89. The van der Waals surface area contributed by atoms with E-state index >= 15 is 0 Å². The first-order valence-electron chi connectivity index (χ1n) is 4.13. The van der Waals surface area contributed by atoms with Gasteiger partial charge in [0.2, 0.25) is 0 Å². The molecule has 1 aromatic heterocycles. The molecule has 0 radical (unpaired) electrons. The number of aryl methyl sites for hydroxylation is 1. The summed E-state index contributed by atoms with van der Waals surface area (Å²) in [7, 11) is 0. The number of rotatable bonds is 1. The highest BCUT2D eigenvalue weighted by atomic mass is 32.1. The van der Waals surface area contributed by atoms with E-state index in [1.165, 1.54) is 30.0 Å². The fourth-order valence-corrected chi connectivity index (χ4v) is 2.37. The molecule has 2 heteroatoms. The summed E-state index contributed by atoms with van der Waals surface area (Å²) in [5, 5.41) is 3.42. The van der Waals surface area contributed by atoms with Gasteiger partial charge >= 0.3 is 0 Å². The van der Waals surface area contributed by atoms with Gasteiger partial charge in [0.05, 0.1) is 10.7 Å². The molecule has 0 saturated heterocycles. The molecule has 1 aromatic rings. The minimum absolute atomic E-state index is 0.435. The van der Waals surface area contributed by atoms with E-state index in [0.29, 0.717) is 5.41 Å². The largest absolute Gasteiger partial charge is 0.246 e. The van der Waals surface area contributed by atoms with Crippen LogP contribution in [0.1, 0.15) is 36.9 Å². The van der Waals surface area contributed by atoms with E-state index in [9.17, 15) is 0 Å². The minimum Gasteiger partial charge on any atom is -0.246 e. The van der Waals surface area contributed by atoms with Crippen LogP contribution in [0.2, 0.25) is 0 Å². The van der Waals surface area contributed by atoms with Crippen molar-refractivity contribution in [1.82, 2.24) is 4.98 Å². The maximum absolute atomic E-state index is 4.52. The molecule has 1 nitrogen and oxygen atoms in total. The van der Waals surface area contributed by atoms with E-state index in [-0.39, 0.29) is 0 Å². The van der Waals surface area contributed by atoms with E-state index in [4.69, 9.17) is 0 Å². The third-order valence-electron chi connectivity index (χ3n) is 2.69. The topological polar surface area (TPSA) is 12.9 Å². The van der Waals surface area contributed by atoms with Gasteiger partial charge in [-0.05, 0) is 19.8 Å². The monoisotopic (exact) mass is 167 g/mol.